The minimum absolute atomic E-state index is 0.191. The lowest BCUT2D eigenvalue weighted by Crippen LogP contribution is -2.02. The highest BCUT2D eigenvalue weighted by molar-refractivity contribution is 6.12. The second-order valence-corrected chi connectivity index (χ2v) is 5.88. The predicted molar refractivity (Wildman–Crippen MR) is 105 cm³/mol. The van der Waals surface area contributed by atoms with Gasteiger partial charge in [-0.15, -0.1) is 5.10 Å². The molecule has 0 aromatic heterocycles. The van der Waals surface area contributed by atoms with Crippen molar-refractivity contribution in [1.82, 2.24) is 0 Å². The molecule has 0 aliphatic carbocycles. The third kappa shape index (κ3) is 3.67. The lowest BCUT2D eigenvalue weighted by Gasteiger charge is -2.06. The fourth-order valence-corrected chi connectivity index (χ4v) is 2.85. The molecular formula is C22H18N2O3. The molecule has 5 heteroatoms. The molecule has 0 unspecified atom stereocenters. The third-order valence-corrected chi connectivity index (χ3v) is 4.14. The first-order chi connectivity index (χ1) is 13.3. The van der Waals surface area contributed by atoms with Crippen LogP contribution in [0.1, 0.15) is 16.7 Å². The highest BCUT2D eigenvalue weighted by atomic mass is 16.7. The fraction of sp³-hybridized carbons (Fsp3) is 0.0909. The van der Waals surface area contributed by atoms with E-state index >= 15 is 0 Å². The van der Waals surface area contributed by atoms with Crippen LogP contribution in [0.25, 0.3) is 0 Å². The van der Waals surface area contributed by atoms with Gasteiger partial charge >= 0.3 is 0 Å². The Balaban J connectivity index is 1.68. The lowest BCUT2D eigenvalue weighted by molar-refractivity contribution is 0.171. The van der Waals surface area contributed by atoms with E-state index in [9.17, 15) is 0 Å². The van der Waals surface area contributed by atoms with Crippen molar-refractivity contribution in [2.75, 3.05) is 13.9 Å². The van der Waals surface area contributed by atoms with Gasteiger partial charge < -0.3 is 14.2 Å². The van der Waals surface area contributed by atoms with Crippen molar-refractivity contribution in [3.63, 3.8) is 0 Å². The quantitative estimate of drug-likeness (QED) is 0.505. The van der Waals surface area contributed by atoms with Gasteiger partial charge in [0.1, 0.15) is 5.71 Å². The molecule has 0 bridgehead atoms. The highest BCUT2D eigenvalue weighted by Gasteiger charge is 2.19. The minimum Gasteiger partial charge on any atom is -0.493 e. The number of benzene rings is 3. The second-order valence-electron chi connectivity index (χ2n) is 5.88. The molecule has 1 heterocycles. The predicted octanol–water partition coefficient (Wildman–Crippen LogP) is 4.30. The van der Waals surface area contributed by atoms with Gasteiger partial charge in [-0.25, -0.2) is 0 Å². The monoisotopic (exact) mass is 358 g/mol. The van der Waals surface area contributed by atoms with Gasteiger partial charge in [0.25, 0.3) is 0 Å². The Bertz CT molecular complexity index is 942. The number of ether oxygens (including phenoxy) is 3. The first-order valence-electron chi connectivity index (χ1n) is 8.54. The zero-order valence-corrected chi connectivity index (χ0v) is 14.8. The molecule has 0 spiro atoms. The molecule has 0 amide bonds. The summed E-state index contributed by atoms with van der Waals surface area (Å²) in [6.07, 6.45) is 1.68. The summed E-state index contributed by atoms with van der Waals surface area (Å²) in [6.45, 7) is 0.191. The summed E-state index contributed by atoms with van der Waals surface area (Å²) in [5.74, 6) is 1.88. The van der Waals surface area contributed by atoms with Crippen LogP contribution in [0.5, 0.6) is 17.2 Å². The maximum atomic E-state index is 5.45. The summed E-state index contributed by atoms with van der Waals surface area (Å²) in [7, 11) is 1.60. The maximum absolute atomic E-state index is 5.45. The fourth-order valence-electron chi connectivity index (χ4n) is 2.85. The van der Waals surface area contributed by atoms with Gasteiger partial charge in [0.15, 0.2) is 11.5 Å². The Morgan fingerprint density at radius 1 is 0.926 bits per heavy atom. The molecule has 0 radical (unpaired) electrons. The van der Waals surface area contributed by atoms with E-state index in [0.29, 0.717) is 17.2 Å². The third-order valence-electron chi connectivity index (χ3n) is 4.14. The molecule has 0 fully saturated rings. The van der Waals surface area contributed by atoms with E-state index in [2.05, 4.69) is 10.2 Å². The molecule has 3 aromatic carbocycles. The Morgan fingerprint density at radius 3 is 2.22 bits per heavy atom. The maximum Gasteiger partial charge on any atom is 0.231 e. The van der Waals surface area contributed by atoms with Crippen molar-refractivity contribution in [3.8, 4) is 17.2 Å². The first kappa shape index (κ1) is 16.8. The minimum atomic E-state index is 0.191. The SMILES string of the molecule is COc1cc(/C=N/N=C(c2ccccc2)c2ccccc2)cc2c1OCO2. The van der Waals surface area contributed by atoms with Crippen molar-refractivity contribution in [3.05, 3.63) is 89.5 Å². The van der Waals surface area contributed by atoms with Crippen LogP contribution in [0.3, 0.4) is 0 Å². The van der Waals surface area contributed by atoms with Crippen LogP contribution in [0.2, 0.25) is 0 Å². The number of fused-ring (bicyclic) bond motifs is 1. The van der Waals surface area contributed by atoms with Crippen LogP contribution in [0, 0.1) is 0 Å². The molecule has 3 aromatic rings. The van der Waals surface area contributed by atoms with Gasteiger partial charge in [-0.1, -0.05) is 60.7 Å². The van der Waals surface area contributed by atoms with Crippen LogP contribution in [0.15, 0.2) is 83.0 Å². The summed E-state index contributed by atoms with van der Waals surface area (Å²) in [6, 6.07) is 23.7. The molecular weight excluding hydrogens is 340 g/mol. The van der Waals surface area contributed by atoms with Crippen molar-refractivity contribution in [1.29, 1.82) is 0 Å². The number of hydrogen-bond acceptors (Lipinski definition) is 5. The van der Waals surface area contributed by atoms with E-state index in [4.69, 9.17) is 14.2 Å². The van der Waals surface area contributed by atoms with Crippen LogP contribution < -0.4 is 14.2 Å². The Morgan fingerprint density at radius 2 is 1.59 bits per heavy atom. The van der Waals surface area contributed by atoms with E-state index in [0.717, 1.165) is 22.4 Å². The number of rotatable bonds is 5. The average molecular weight is 358 g/mol. The van der Waals surface area contributed by atoms with Gasteiger partial charge in [-0.05, 0) is 12.1 Å². The molecule has 27 heavy (non-hydrogen) atoms. The zero-order chi connectivity index (χ0) is 18.5. The van der Waals surface area contributed by atoms with Gasteiger partial charge in [-0.3, -0.25) is 0 Å². The largest absolute Gasteiger partial charge is 0.493 e. The molecule has 0 N–H and O–H groups in total. The molecule has 5 nitrogen and oxygen atoms in total. The van der Waals surface area contributed by atoms with Crippen LogP contribution in [-0.4, -0.2) is 25.8 Å². The molecule has 0 saturated carbocycles. The van der Waals surface area contributed by atoms with Gasteiger partial charge in [0.2, 0.25) is 12.5 Å². The Labute approximate surface area is 157 Å². The molecule has 4 rings (SSSR count). The van der Waals surface area contributed by atoms with Gasteiger partial charge in [-0.2, -0.15) is 5.10 Å². The van der Waals surface area contributed by atoms with E-state index in [1.54, 1.807) is 13.3 Å². The topological polar surface area (TPSA) is 52.4 Å². The summed E-state index contributed by atoms with van der Waals surface area (Å²) >= 11 is 0. The average Bonchev–Trinajstić information content (AvgIpc) is 3.20. The normalized spacial score (nSPS) is 12.2. The molecule has 1 aliphatic rings. The summed E-state index contributed by atoms with van der Waals surface area (Å²) < 4.78 is 16.2. The molecule has 134 valence electrons. The second kappa shape index (κ2) is 7.74. The van der Waals surface area contributed by atoms with Crippen LogP contribution in [-0.2, 0) is 0 Å². The standard InChI is InChI=1S/C22H18N2O3/c1-25-19-12-16(13-20-22(19)27-15-26-20)14-23-24-21(17-8-4-2-5-9-17)18-10-6-3-7-11-18/h2-14H,15H2,1H3/b23-14+. The van der Waals surface area contributed by atoms with Crippen molar-refractivity contribution in [2.24, 2.45) is 10.2 Å². The summed E-state index contributed by atoms with van der Waals surface area (Å²) in [5, 5.41) is 8.79. The van der Waals surface area contributed by atoms with Gasteiger partial charge in [0.05, 0.1) is 13.3 Å². The van der Waals surface area contributed by atoms with Crippen molar-refractivity contribution < 1.29 is 14.2 Å². The molecule has 0 atom stereocenters. The molecule has 0 saturated heterocycles. The summed E-state index contributed by atoms with van der Waals surface area (Å²) in [5.41, 5.74) is 3.63. The van der Waals surface area contributed by atoms with Crippen molar-refractivity contribution in [2.45, 2.75) is 0 Å². The molecule has 1 aliphatic heterocycles. The van der Waals surface area contributed by atoms with Gasteiger partial charge in [0, 0.05) is 16.7 Å². The highest BCUT2D eigenvalue weighted by Crippen LogP contribution is 2.41. The number of hydrogen-bond donors (Lipinski definition) is 0. The lowest BCUT2D eigenvalue weighted by atomic mass is 10.0. The first-order valence-corrected chi connectivity index (χ1v) is 8.54. The van der Waals surface area contributed by atoms with Crippen LogP contribution >= 0.6 is 0 Å². The van der Waals surface area contributed by atoms with E-state index in [-0.39, 0.29) is 6.79 Å². The van der Waals surface area contributed by atoms with E-state index in [1.165, 1.54) is 0 Å². The Hall–Kier alpha value is -3.60. The van der Waals surface area contributed by atoms with Crippen molar-refractivity contribution >= 4 is 11.9 Å². The van der Waals surface area contributed by atoms with E-state index in [1.807, 2.05) is 72.8 Å². The van der Waals surface area contributed by atoms with E-state index < -0.39 is 0 Å². The van der Waals surface area contributed by atoms with Crippen LogP contribution in [0.4, 0.5) is 0 Å². The number of methoxy groups -OCH3 is 1. The Kier molecular flexibility index (Phi) is 4.83. The summed E-state index contributed by atoms with van der Waals surface area (Å²) in [4.78, 5) is 0. The smallest absolute Gasteiger partial charge is 0.231 e. The number of nitrogens with zero attached hydrogens (tertiary/aromatic N) is 2. The zero-order valence-electron chi connectivity index (χ0n) is 14.8.